The Hall–Kier alpha value is -1.02. The number of hydrogen-bond acceptors (Lipinski definition) is 3. The molecule has 0 aliphatic carbocycles. The standard InChI is InChI=1S/C18H30N4O.HI/c1-15-6-5-9-22(14-15)18(19)20-13-16-7-4-8-17(12-16)23-11-10-21(2)3;/h4,7-8,12,15H,5-6,9-11,13-14H2,1-3H3,(H2,19,20);1H. The minimum Gasteiger partial charge on any atom is -0.492 e. The third kappa shape index (κ3) is 7.25. The van der Waals surface area contributed by atoms with Gasteiger partial charge in [0.2, 0.25) is 0 Å². The zero-order valence-corrected chi connectivity index (χ0v) is 17.4. The van der Waals surface area contributed by atoms with Gasteiger partial charge in [-0.2, -0.15) is 0 Å². The summed E-state index contributed by atoms with van der Waals surface area (Å²) in [7, 11) is 4.08. The molecule has 1 unspecified atom stereocenters. The van der Waals surface area contributed by atoms with E-state index in [2.05, 4.69) is 27.8 Å². The van der Waals surface area contributed by atoms with Gasteiger partial charge in [0.1, 0.15) is 12.4 Å². The summed E-state index contributed by atoms with van der Waals surface area (Å²) < 4.78 is 5.76. The third-order valence-corrected chi connectivity index (χ3v) is 4.11. The highest BCUT2D eigenvalue weighted by atomic mass is 127. The maximum absolute atomic E-state index is 6.15. The second kappa shape index (κ2) is 10.8. The monoisotopic (exact) mass is 446 g/mol. The van der Waals surface area contributed by atoms with Crippen molar-refractivity contribution in [3.05, 3.63) is 29.8 Å². The minimum absolute atomic E-state index is 0. The van der Waals surface area contributed by atoms with Crippen molar-refractivity contribution >= 4 is 29.9 Å². The van der Waals surface area contributed by atoms with Gasteiger partial charge in [-0.3, -0.25) is 0 Å². The van der Waals surface area contributed by atoms with E-state index in [1.165, 1.54) is 12.8 Å². The van der Waals surface area contributed by atoms with E-state index < -0.39 is 0 Å². The Balaban J connectivity index is 0.00000288. The Kier molecular flexibility index (Phi) is 9.43. The fourth-order valence-electron chi connectivity index (χ4n) is 2.75. The van der Waals surface area contributed by atoms with Crippen molar-refractivity contribution in [2.24, 2.45) is 16.6 Å². The quantitative estimate of drug-likeness (QED) is 0.415. The van der Waals surface area contributed by atoms with Crippen molar-refractivity contribution in [2.45, 2.75) is 26.3 Å². The summed E-state index contributed by atoms with van der Waals surface area (Å²) in [6, 6.07) is 8.10. The molecule has 2 rings (SSSR count). The molecule has 1 atom stereocenters. The lowest BCUT2D eigenvalue weighted by Crippen LogP contribution is -2.43. The van der Waals surface area contributed by atoms with E-state index in [4.69, 9.17) is 10.5 Å². The first-order valence-electron chi connectivity index (χ1n) is 8.46. The fourth-order valence-corrected chi connectivity index (χ4v) is 2.75. The molecule has 1 aromatic carbocycles. The number of aliphatic imine (C=N–C) groups is 1. The van der Waals surface area contributed by atoms with E-state index in [9.17, 15) is 0 Å². The number of rotatable bonds is 6. The van der Waals surface area contributed by atoms with Crippen LogP contribution in [0.2, 0.25) is 0 Å². The SMILES string of the molecule is CC1CCCN(C(N)=NCc2cccc(OCCN(C)C)c2)C1.I. The van der Waals surface area contributed by atoms with Crippen molar-refractivity contribution in [2.75, 3.05) is 40.3 Å². The fraction of sp³-hybridized carbons (Fsp3) is 0.611. The van der Waals surface area contributed by atoms with Crippen LogP contribution in [0.25, 0.3) is 0 Å². The summed E-state index contributed by atoms with van der Waals surface area (Å²) in [5.41, 5.74) is 7.27. The number of hydrogen-bond donors (Lipinski definition) is 1. The summed E-state index contributed by atoms with van der Waals surface area (Å²) in [6.45, 7) is 6.50. The number of nitrogens with zero attached hydrogens (tertiary/aromatic N) is 3. The van der Waals surface area contributed by atoms with E-state index in [0.717, 1.165) is 30.9 Å². The van der Waals surface area contributed by atoms with Crippen LogP contribution in [0.15, 0.2) is 29.3 Å². The van der Waals surface area contributed by atoms with Gasteiger partial charge in [0.15, 0.2) is 5.96 Å². The van der Waals surface area contributed by atoms with Crippen LogP contribution in [0.4, 0.5) is 0 Å². The number of benzene rings is 1. The number of guanidine groups is 1. The molecule has 2 N–H and O–H groups in total. The summed E-state index contributed by atoms with van der Waals surface area (Å²) in [5, 5.41) is 0. The van der Waals surface area contributed by atoms with Gasteiger partial charge in [-0.1, -0.05) is 19.1 Å². The smallest absolute Gasteiger partial charge is 0.191 e. The van der Waals surface area contributed by atoms with Crippen LogP contribution in [-0.4, -0.2) is 56.1 Å². The first-order valence-corrected chi connectivity index (χ1v) is 8.46. The molecule has 1 saturated heterocycles. The van der Waals surface area contributed by atoms with Gasteiger partial charge in [0, 0.05) is 19.6 Å². The molecule has 0 bridgehead atoms. The van der Waals surface area contributed by atoms with Crippen molar-refractivity contribution < 1.29 is 4.74 Å². The van der Waals surface area contributed by atoms with Crippen LogP contribution < -0.4 is 10.5 Å². The lowest BCUT2D eigenvalue weighted by Gasteiger charge is -2.31. The minimum atomic E-state index is 0. The molecular formula is C18H31IN4O. The molecule has 6 heteroatoms. The number of likely N-dealkylation sites (N-methyl/N-ethyl adjacent to an activating group) is 1. The van der Waals surface area contributed by atoms with Gasteiger partial charge >= 0.3 is 0 Å². The Morgan fingerprint density at radius 2 is 2.21 bits per heavy atom. The van der Waals surface area contributed by atoms with Crippen molar-refractivity contribution in [3.63, 3.8) is 0 Å². The summed E-state index contributed by atoms with van der Waals surface area (Å²) in [6.07, 6.45) is 2.49. The molecule has 1 fully saturated rings. The van der Waals surface area contributed by atoms with Crippen LogP contribution >= 0.6 is 24.0 Å². The molecule has 1 aliphatic heterocycles. The normalized spacial score (nSPS) is 18.4. The van der Waals surface area contributed by atoms with Crippen LogP contribution in [0.3, 0.4) is 0 Å². The van der Waals surface area contributed by atoms with Gasteiger partial charge in [-0.15, -0.1) is 24.0 Å². The van der Waals surface area contributed by atoms with Crippen molar-refractivity contribution in [1.82, 2.24) is 9.80 Å². The topological polar surface area (TPSA) is 54.1 Å². The summed E-state index contributed by atoms with van der Waals surface area (Å²) in [5.74, 6) is 2.26. The van der Waals surface area contributed by atoms with Crippen LogP contribution in [0.5, 0.6) is 5.75 Å². The lowest BCUT2D eigenvalue weighted by atomic mass is 10.0. The van der Waals surface area contributed by atoms with Crippen LogP contribution in [0, 0.1) is 5.92 Å². The average Bonchev–Trinajstić information content (AvgIpc) is 2.52. The molecule has 1 aromatic rings. The highest BCUT2D eigenvalue weighted by Gasteiger charge is 2.17. The first kappa shape index (κ1) is 21.0. The van der Waals surface area contributed by atoms with E-state index in [-0.39, 0.29) is 24.0 Å². The van der Waals surface area contributed by atoms with E-state index in [1.807, 2.05) is 32.3 Å². The molecule has 0 aromatic heterocycles. The highest BCUT2D eigenvalue weighted by molar-refractivity contribution is 14.0. The Labute approximate surface area is 163 Å². The van der Waals surface area contributed by atoms with Crippen LogP contribution in [-0.2, 0) is 6.54 Å². The predicted molar refractivity (Wildman–Crippen MR) is 111 cm³/mol. The molecule has 24 heavy (non-hydrogen) atoms. The van der Waals surface area contributed by atoms with Crippen molar-refractivity contribution in [3.8, 4) is 5.75 Å². The Morgan fingerprint density at radius 3 is 2.92 bits per heavy atom. The second-order valence-electron chi connectivity index (χ2n) is 6.67. The molecule has 0 spiro atoms. The Bertz CT molecular complexity index is 521. The number of nitrogens with two attached hydrogens (primary N) is 1. The molecule has 1 aliphatic rings. The molecule has 1 heterocycles. The number of ether oxygens (including phenoxy) is 1. The second-order valence-corrected chi connectivity index (χ2v) is 6.67. The maximum atomic E-state index is 6.15. The first-order chi connectivity index (χ1) is 11.0. The van der Waals surface area contributed by atoms with Gasteiger partial charge in [-0.25, -0.2) is 4.99 Å². The van der Waals surface area contributed by atoms with Crippen LogP contribution in [0.1, 0.15) is 25.3 Å². The highest BCUT2D eigenvalue weighted by Crippen LogP contribution is 2.16. The molecule has 5 nitrogen and oxygen atoms in total. The summed E-state index contributed by atoms with van der Waals surface area (Å²) >= 11 is 0. The summed E-state index contributed by atoms with van der Waals surface area (Å²) in [4.78, 5) is 8.86. The maximum Gasteiger partial charge on any atom is 0.191 e. The van der Waals surface area contributed by atoms with Gasteiger partial charge in [0.25, 0.3) is 0 Å². The van der Waals surface area contributed by atoms with Gasteiger partial charge in [0.05, 0.1) is 6.54 Å². The molecule has 0 saturated carbocycles. The van der Waals surface area contributed by atoms with Gasteiger partial charge in [-0.05, 0) is 50.6 Å². The predicted octanol–water partition coefficient (Wildman–Crippen LogP) is 2.79. The molecular weight excluding hydrogens is 415 g/mol. The average molecular weight is 446 g/mol. The van der Waals surface area contributed by atoms with E-state index >= 15 is 0 Å². The largest absolute Gasteiger partial charge is 0.492 e. The van der Waals surface area contributed by atoms with Crippen molar-refractivity contribution in [1.29, 1.82) is 0 Å². The van der Waals surface area contributed by atoms with Gasteiger partial charge < -0.3 is 20.3 Å². The number of halogens is 1. The zero-order chi connectivity index (χ0) is 16.7. The Morgan fingerprint density at radius 1 is 1.42 bits per heavy atom. The van der Waals surface area contributed by atoms with E-state index in [0.29, 0.717) is 25.0 Å². The lowest BCUT2D eigenvalue weighted by molar-refractivity contribution is 0.261. The molecule has 136 valence electrons. The third-order valence-electron chi connectivity index (χ3n) is 4.11. The van der Waals surface area contributed by atoms with E-state index in [1.54, 1.807) is 0 Å². The number of piperidine rings is 1. The molecule has 0 amide bonds. The number of likely N-dealkylation sites (tertiary alicyclic amines) is 1. The molecule has 0 radical (unpaired) electrons. The zero-order valence-electron chi connectivity index (χ0n) is 15.1.